The molecule has 0 bridgehead atoms. The highest BCUT2D eigenvalue weighted by Gasteiger charge is 2.19. The highest BCUT2D eigenvalue weighted by atomic mass is 35.5. The monoisotopic (exact) mass is 327 g/mol. The summed E-state index contributed by atoms with van der Waals surface area (Å²) in [6.45, 7) is 0. The maximum absolute atomic E-state index is 11.0. The van der Waals surface area contributed by atoms with Crippen molar-refractivity contribution < 1.29 is 14.8 Å². The van der Waals surface area contributed by atoms with E-state index in [-0.39, 0.29) is 16.4 Å². The molecule has 108 valence electrons. The Morgan fingerprint density at radius 1 is 1.29 bits per heavy atom. The second kappa shape index (κ2) is 5.94. The van der Waals surface area contributed by atoms with Crippen LogP contribution < -0.4 is 5.32 Å². The van der Waals surface area contributed by atoms with Crippen LogP contribution in [0.3, 0.4) is 0 Å². The van der Waals surface area contributed by atoms with Gasteiger partial charge in [0.15, 0.2) is 0 Å². The van der Waals surface area contributed by atoms with Crippen molar-refractivity contribution in [2.45, 2.75) is 0 Å². The van der Waals surface area contributed by atoms with Crippen molar-refractivity contribution in [3.63, 3.8) is 0 Å². The summed E-state index contributed by atoms with van der Waals surface area (Å²) in [7, 11) is 0. The van der Waals surface area contributed by atoms with Crippen molar-refractivity contribution in [2.75, 3.05) is 5.32 Å². The van der Waals surface area contributed by atoms with Gasteiger partial charge >= 0.3 is 11.7 Å². The van der Waals surface area contributed by atoms with Gasteiger partial charge in [-0.2, -0.15) is 0 Å². The Bertz CT molecular complexity index is 736. The number of rotatable bonds is 4. The summed E-state index contributed by atoms with van der Waals surface area (Å²) >= 11 is 11.6. The zero-order valence-electron chi connectivity index (χ0n) is 10.2. The van der Waals surface area contributed by atoms with Gasteiger partial charge in [-0.1, -0.05) is 23.2 Å². The number of nitrogens with one attached hydrogen (secondary N) is 1. The molecule has 1 heterocycles. The molecule has 1 aromatic heterocycles. The van der Waals surface area contributed by atoms with E-state index in [2.05, 4.69) is 10.3 Å². The minimum Gasteiger partial charge on any atom is -0.478 e. The highest BCUT2D eigenvalue weighted by Crippen LogP contribution is 2.30. The number of nitro groups is 1. The van der Waals surface area contributed by atoms with Crippen LogP contribution in [0.4, 0.5) is 17.2 Å². The minimum atomic E-state index is -1.30. The van der Waals surface area contributed by atoms with E-state index in [1.54, 1.807) is 6.07 Å². The SMILES string of the molecule is O=C(O)c1cnc(Nc2ccc(Cl)c(Cl)c2)c([N+](=O)[O-])c1. The molecule has 9 heteroatoms. The molecule has 0 aliphatic rings. The van der Waals surface area contributed by atoms with Gasteiger partial charge in [0.05, 0.1) is 20.5 Å². The summed E-state index contributed by atoms with van der Waals surface area (Å²) in [6.07, 6.45) is 1.02. The molecule has 0 aliphatic heterocycles. The van der Waals surface area contributed by atoms with Gasteiger partial charge in [0.2, 0.25) is 5.82 Å². The Balaban J connectivity index is 2.41. The van der Waals surface area contributed by atoms with E-state index in [4.69, 9.17) is 28.3 Å². The first-order valence-electron chi connectivity index (χ1n) is 5.48. The average molecular weight is 328 g/mol. The molecule has 0 unspecified atom stereocenters. The topological polar surface area (TPSA) is 105 Å². The smallest absolute Gasteiger partial charge is 0.337 e. The Morgan fingerprint density at radius 2 is 2.00 bits per heavy atom. The van der Waals surface area contributed by atoms with E-state index in [1.165, 1.54) is 12.1 Å². The van der Waals surface area contributed by atoms with Crippen LogP contribution in [0.15, 0.2) is 30.5 Å². The van der Waals surface area contributed by atoms with E-state index in [0.717, 1.165) is 12.3 Å². The number of pyridine rings is 1. The van der Waals surface area contributed by atoms with Crippen LogP contribution in [0.5, 0.6) is 0 Å². The lowest BCUT2D eigenvalue weighted by Crippen LogP contribution is -2.04. The molecule has 7 nitrogen and oxygen atoms in total. The maximum atomic E-state index is 11.0. The molecule has 0 saturated heterocycles. The maximum Gasteiger partial charge on any atom is 0.337 e. The molecule has 0 aliphatic carbocycles. The normalized spacial score (nSPS) is 10.2. The molecule has 0 fully saturated rings. The van der Waals surface area contributed by atoms with Gasteiger partial charge in [-0.05, 0) is 18.2 Å². The predicted molar refractivity (Wildman–Crippen MR) is 77.6 cm³/mol. The lowest BCUT2D eigenvalue weighted by atomic mass is 10.2. The Labute approximate surface area is 128 Å². The lowest BCUT2D eigenvalue weighted by Gasteiger charge is -2.07. The molecule has 0 atom stereocenters. The molecular formula is C12H7Cl2N3O4. The molecule has 0 saturated carbocycles. The highest BCUT2D eigenvalue weighted by molar-refractivity contribution is 6.42. The van der Waals surface area contributed by atoms with Crippen molar-refractivity contribution in [1.82, 2.24) is 4.98 Å². The fourth-order valence-corrected chi connectivity index (χ4v) is 1.81. The summed E-state index contributed by atoms with van der Waals surface area (Å²) in [5.41, 5.74) is -0.301. The molecule has 0 radical (unpaired) electrons. The second-order valence-corrected chi connectivity index (χ2v) is 4.72. The molecule has 2 aromatic rings. The number of benzene rings is 1. The van der Waals surface area contributed by atoms with Gasteiger partial charge in [-0.15, -0.1) is 0 Å². The van der Waals surface area contributed by atoms with Crippen LogP contribution in [-0.4, -0.2) is 21.0 Å². The molecule has 21 heavy (non-hydrogen) atoms. The zero-order chi connectivity index (χ0) is 15.6. The predicted octanol–water partition coefficient (Wildman–Crippen LogP) is 3.74. The van der Waals surface area contributed by atoms with E-state index in [0.29, 0.717) is 10.7 Å². The fourth-order valence-electron chi connectivity index (χ4n) is 1.52. The van der Waals surface area contributed by atoms with Crippen molar-refractivity contribution in [2.24, 2.45) is 0 Å². The third kappa shape index (κ3) is 3.39. The quantitative estimate of drug-likeness (QED) is 0.654. The third-order valence-electron chi connectivity index (χ3n) is 2.49. The molecule has 0 spiro atoms. The van der Waals surface area contributed by atoms with Gasteiger partial charge in [-0.25, -0.2) is 9.78 Å². The number of hydrogen-bond acceptors (Lipinski definition) is 5. The van der Waals surface area contributed by atoms with Crippen molar-refractivity contribution in [1.29, 1.82) is 0 Å². The second-order valence-electron chi connectivity index (χ2n) is 3.91. The number of halogens is 2. The number of anilines is 2. The molecular weight excluding hydrogens is 321 g/mol. The molecule has 1 aromatic carbocycles. The molecule has 0 amide bonds. The Kier molecular flexibility index (Phi) is 4.25. The number of carboxylic acids is 1. The lowest BCUT2D eigenvalue weighted by molar-refractivity contribution is -0.384. The van der Waals surface area contributed by atoms with Gasteiger partial charge in [0.25, 0.3) is 0 Å². The summed E-state index contributed by atoms with van der Waals surface area (Å²) in [6, 6.07) is 5.48. The fraction of sp³-hybridized carbons (Fsp3) is 0. The van der Waals surface area contributed by atoms with Crippen molar-refractivity contribution in [3.05, 3.63) is 56.2 Å². The van der Waals surface area contributed by atoms with Crippen LogP contribution in [0.25, 0.3) is 0 Å². The number of aromatic carboxylic acids is 1. The van der Waals surface area contributed by atoms with Gasteiger partial charge in [0, 0.05) is 18.0 Å². The van der Waals surface area contributed by atoms with Gasteiger partial charge in [-0.3, -0.25) is 10.1 Å². The molecule has 2 N–H and O–H groups in total. The van der Waals surface area contributed by atoms with Crippen LogP contribution in [0.2, 0.25) is 10.0 Å². The Morgan fingerprint density at radius 3 is 2.57 bits per heavy atom. The number of carbonyl (C=O) groups is 1. The van der Waals surface area contributed by atoms with Crippen molar-refractivity contribution >= 4 is 46.4 Å². The standard InChI is InChI=1S/C12H7Cl2N3O4/c13-8-2-1-7(4-9(8)14)16-11-10(17(20)21)3-6(5-15-11)12(18)19/h1-5H,(H,15,16)(H,18,19). The van der Waals surface area contributed by atoms with Crippen LogP contribution in [-0.2, 0) is 0 Å². The Hall–Kier alpha value is -2.38. The van der Waals surface area contributed by atoms with Crippen LogP contribution in [0.1, 0.15) is 10.4 Å². The summed E-state index contributed by atoms with van der Waals surface area (Å²) in [5.74, 6) is -1.39. The number of carboxylic acid groups (broad SMARTS) is 1. The molecule has 2 rings (SSSR count). The van der Waals surface area contributed by atoms with Crippen molar-refractivity contribution in [3.8, 4) is 0 Å². The van der Waals surface area contributed by atoms with Crippen LogP contribution in [0, 0.1) is 10.1 Å². The number of aromatic nitrogens is 1. The zero-order valence-corrected chi connectivity index (χ0v) is 11.7. The third-order valence-corrected chi connectivity index (χ3v) is 3.23. The summed E-state index contributed by atoms with van der Waals surface area (Å²) in [5, 5.41) is 23.1. The van der Waals surface area contributed by atoms with E-state index >= 15 is 0 Å². The first-order valence-corrected chi connectivity index (χ1v) is 6.24. The summed E-state index contributed by atoms with van der Waals surface area (Å²) < 4.78 is 0. The average Bonchev–Trinajstić information content (AvgIpc) is 2.43. The van der Waals surface area contributed by atoms with E-state index < -0.39 is 16.6 Å². The van der Waals surface area contributed by atoms with E-state index in [1.807, 2.05) is 0 Å². The minimum absolute atomic E-state index is 0.0941. The van der Waals surface area contributed by atoms with E-state index in [9.17, 15) is 14.9 Å². The number of nitrogens with zero attached hydrogens (tertiary/aromatic N) is 2. The van der Waals surface area contributed by atoms with Gasteiger partial charge < -0.3 is 10.4 Å². The largest absolute Gasteiger partial charge is 0.478 e. The first kappa shape index (κ1) is 15.0. The first-order chi connectivity index (χ1) is 9.88. The number of hydrogen-bond donors (Lipinski definition) is 2. The summed E-state index contributed by atoms with van der Waals surface area (Å²) in [4.78, 5) is 24.8. The van der Waals surface area contributed by atoms with Gasteiger partial charge in [0.1, 0.15) is 0 Å². The van der Waals surface area contributed by atoms with Crippen LogP contribution >= 0.6 is 23.2 Å².